The van der Waals surface area contributed by atoms with Crippen molar-refractivity contribution in [1.29, 1.82) is 0 Å². The van der Waals surface area contributed by atoms with Gasteiger partial charge in [-0.15, -0.1) is 0 Å². The van der Waals surface area contributed by atoms with Gasteiger partial charge in [-0.3, -0.25) is 9.59 Å². The smallest absolute Gasteiger partial charge is 0.416 e. The highest BCUT2D eigenvalue weighted by atomic mass is 19.4. The van der Waals surface area contributed by atoms with Crippen LogP contribution < -0.4 is 0 Å². The first-order chi connectivity index (χ1) is 9.74. The summed E-state index contributed by atoms with van der Waals surface area (Å²) in [6.45, 7) is 1.55. The lowest BCUT2D eigenvalue weighted by Crippen LogP contribution is -2.21. The molecule has 0 aliphatic heterocycles. The van der Waals surface area contributed by atoms with Crippen LogP contribution in [0, 0.1) is 0 Å². The number of esters is 1. The predicted molar refractivity (Wildman–Crippen MR) is 66.4 cm³/mol. The number of ether oxygens (including phenoxy) is 1. The zero-order valence-corrected chi connectivity index (χ0v) is 11.2. The first-order valence-corrected chi connectivity index (χ1v) is 6.11. The van der Waals surface area contributed by atoms with Gasteiger partial charge in [0.1, 0.15) is 5.78 Å². The quantitative estimate of drug-likeness (QED) is 0.460. The largest absolute Gasteiger partial charge is 0.460 e. The minimum Gasteiger partial charge on any atom is -0.460 e. The van der Waals surface area contributed by atoms with Gasteiger partial charge in [-0.05, 0) is 24.6 Å². The van der Waals surface area contributed by atoms with Crippen LogP contribution >= 0.6 is 0 Å². The molecule has 1 aromatic carbocycles. The third-order valence-electron chi connectivity index (χ3n) is 2.54. The second kappa shape index (κ2) is 7.01. The SMILES string of the molecule is CCOC(=O)C(=O)CC(=O)Cc1ccc(C(F)(F)F)cc1. The number of benzene rings is 1. The summed E-state index contributed by atoms with van der Waals surface area (Å²) in [4.78, 5) is 33.9. The molecule has 0 N–H and O–H groups in total. The molecule has 4 nitrogen and oxygen atoms in total. The van der Waals surface area contributed by atoms with Gasteiger partial charge in [0.2, 0.25) is 5.78 Å². The van der Waals surface area contributed by atoms with Gasteiger partial charge in [0.25, 0.3) is 0 Å². The van der Waals surface area contributed by atoms with Crippen LogP contribution in [0.5, 0.6) is 0 Å². The van der Waals surface area contributed by atoms with E-state index in [0.29, 0.717) is 5.56 Å². The van der Waals surface area contributed by atoms with Crippen molar-refractivity contribution >= 4 is 17.5 Å². The van der Waals surface area contributed by atoms with Crippen LogP contribution in [0.3, 0.4) is 0 Å². The minimum absolute atomic E-state index is 0.0255. The summed E-state index contributed by atoms with van der Waals surface area (Å²) >= 11 is 0. The van der Waals surface area contributed by atoms with Crippen molar-refractivity contribution in [3.05, 3.63) is 35.4 Å². The first-order valence-electron chi connectivity index (χ1n) is 6.11. The summed E-state index contributed by atoms with van der Waals surface area (Å²) in [6.07, 6.45) is -5.29. The van der Waals surface area contributed by atoms with E-state index < -0.39 is 35.7 Å². The molecule has 0 aliphatic rings. The number of hydrogen-bond donors (Lipinski definition) is 0. The number of halogens is 3. The van der Waals surface area contributed by atoms with E-state index in [1.165, 1.54) is 6.92 Å². The highest BCUT2D eigenvalue weighted by Crippen LogP contribution is 2.29. The summed E-state index contributed by atoms with van der Waals surface area (Å²) in [5.74, 6) is -2.61. The van der Waals surface area contributed by atoms with Crippen LogP contribution in [-0.2, 0) is 31.7 Å². The van der Waals surface area contributed by atoms with Crippen molar-refractivity contribution in [2.75, 3.05) is 6.61 Å². The average molecular weight is 302 g/mol. The lowest BCUT2D eigenvalue weighted by molar-refractivity contribution is -0.154. The minimum atomic E-state index is -4.44. The Bertz CT molecular complexity index is 532. The summed E-state index contributed by atoms with van der Waals surface area (Å²) < 4.78 is 41.5. The van der Waals surface area contributed by atoms with E-state index in [1.54, 1.807) is 0 Å². The summed E-state index contributed by atoms with van der Waals surface area (Å²) in [5.41, 5.74) is -0.481. The highest BCUT2D eigenvalue weighted by Gasteiger charge is 2.30. The molecular weight excluding hydrogens is 289 g/mol. The molecule has 0 saturated carbocycles. The maximum atomic E-state index is 12.4. The molecule has 0 unspecified atom stereocenters. The molecule has 1 aromatic rings. The van der Waals surface area contributed by atoms with Crippen LogP contribution in [0.1, 0.15) is 24.5 Å². The Balaban J connectivity index is 2.59. The van der Waals surface area contributed by atoms with Gasteiger partial charge >= 0.3 is 12.1 Å². The number of Topliss-reactive ketones (excluding diaryl/α,β-unsaturated/α-hetero) is 2. The van der Waals surface area contributed by atoms with Gasteiger partial charge in [0.15, 0.2) is 0 Å². The van der Waals surface area contributed by atoms with Gasteiger partial charge in [-0.25, -0.2) is 4.79 Å². The Morgan fingerprint density at radius 2 is 1.67 bits per heavy atom. The average Bonchev–Trinajstić information content (AvgIpc) is 2.38. The zero-order valence-electron chi connectivity index (χ0n) is 11.2. The molecule has 0 saturated heterocycles. The number of carbonyl (C=O) groups is 3. The molecule has 0 fully saturated rings. The Hall–Kier alpha value is -2.18. The van der Waals surface area contributed by atoms with Gasteiger partial charge in [0.05, 0.1) is 18.6 Å². The molecule has 7 heteroatoms. The third kappa shape index (κ3) is 5.37. The number of carbonyl (C=O) groups excluding carboxylic acids is 3. The fourth-order valence-corrected chi connectivity index (χ4v) is 1.56. The molecule has 114 valence electrons. The number of alkyl halides is 3. The summed E-state index contributed by atoms with van der Waals surface area (Å²) in [6, 6.07) is 4.04. The zero-order chi connectivity index (χ0) is 16.0. The fraction of sp³-hybridized carbons (Fsp3) is 0.357. The Kier molecular flexibility index (Phi) is 5.63. The van der Waals surface area contributed by atoms with E-state index in [9.17, 15) is 27.6 Å². The van der Waals surface area contributed by atoms with Crippen LogP contribution in [-0.4, -0.2) is 24.1 Å². The molecular formula is C14H13F3O4. The van der Waals surface area contributed by atoms with Crippen LogP contribution in [0.15, 0.2) is 24.3 Å². The second-order valence-corrected chi connectivity index (χ2v) is 4.23. The van der Waals surface area contributed by atoms with Gasteiger partial charge in [-0.1, -0.05) is 12.1 Å². The van der Waals surface area contributed by atoms with E-state index in [-0.39, 0.29) is 13.0 Å². The van der Waals surface area contributed by atoms with E-state index in [4.69, 9.17) is 0 Å². The molecule has 1 rings (SSSR count). The van der Waals surface area contributed by atoms with Gasteiger partial charge < -0.3 is 4.74 Å². The van der Waals surface area contributed by atoms with Crippen molar-refractivity contribution < 1.29 is 32.3 Å². The first kappa shape index (κ1) is 16.9. The lowest BCUT2D eigenvalue weighted by atomic mass is 10.0. The fourth-order valence-electron chi connectivity index (χ4n) is 1.56. The molecule has 0 aliphatic carbocycles. The lowest BCUT2D eigenvalue weighted by Gasteiger charge is -2.07. The van der Waals surface area contributed by atoms with E-state index >= 15 is 0 Å². The van der Waals surface area contributed by atoms with Crippen molar-refractivity contribution in [3.63, 3.8) is 0 Å². The van der Waals surface area contributed by atoms with Crippen LogP contribution in [0.4, 0.5) is 13.2 Å². The summed E-state index contributed by atoms with van der Waals surface area (Å²) in [7, 11) is 0. The molecule has 0 atom stereocenters. The molecule has 0 amide bonds. The van der Waals surface area contributed by atoms with Crippen LogP contribution in [0.2, 0.25) is 0 Å². The standard InChI is InChI=1S/C14H13F3O4/c1-2-21-13(20)12(19)8-11(18)7-9-3-5-10(6-4-9)14(15,16)17/h3-6H,2,7-8H2,1H3. The molecule has 0 radical (unpaired) electrons. The van der Waals surface area contributed by atoms with Crippen molar-refractivity contribution in [2.24, 2.45) is 0 Å². The maximum absolute atomic E-state index is 12.4. The normalized spacial score (nSPS) is 11.0. The van der Waals surface area contributed by atoms with Gasteiger partial charge in [-0.2, -0.15) is 13.2 Å². The molecule has 0 heterocycles. The molecule has 0 bridgehead atoms. The van der Waals surface area contributed by atoms with Crippen molar-refractivity contribution in [3.8, 4) is 0 Å². The molecule has 0 aromatic heterocycles. The highest BCUT2D eigenvalue weighted by molar-refractivity contribution is 6.37. The predicted octanol–water partition coefficient (Wildman–Crippen LogP) is 2.34. The number of rotatable bonds is 6. The van der Waals surface area contributed by atoms with Gasteiger partial charge in [0, 0.05) is 6.42 Å². The van der Waals surface area contributed by atoms with E-state index in [2.05, 4.69) is 4.74 Å². The van der Waals surface area contributed by atoms with Crippen molar-refractivity contribution in [2.45, 2.75) is 25.9 Å². The third-order valence-corrected chi connectivity index (χ3v) is 2.54. The number of ketones is 2. The number of hydrogen-bond acceptors (Lipinski definition) is 4. The maximum Gasteiger partial charge on any atom is 0.416 e. The van der Waals surface area contributed by atoms with E-state index in [0.717, 1.165) is 24.3 Å². The van der Waals surface area contributed by atoms with Crippen molar-refractivity contribution in [1.82, 2.24) is 0 Å². The second-order valence-electron chi connectivity index (χ2n) is 4.23. The Labute approximate surface area is 118 Å². The Morgan fingerprint density at radius 3 is 2.14 bits per heavy atom. The topological polar surface area (TPSA) is 60.4 Å². The van der Waals surface area contributed by atoms with E-state index in [1.807, 2.05) is 0 Å². The molecule has 0 spiro atoms. The summed E-state index contributed by atoms with van der Waals surface area (Å²) in [5, 5.41) is 0. The monoisotopic (exact) mass is 302 g/mol. The Morgan fingerprint density at radius 1 is 1.10 bits per heavy atom. The molecule has 21 heavy (non-hydrogen) atoms. The van der Waals surface area contributed by atoms with Crippen LogP contribution in [0.25, 0.3) is 0 Å².